The van der Waals surface area contributed by atoms with Crippen LogP contribution in [0.3, 0.4) is 0 Å². The minimum atomic E-state index is -3.69. The Hall–Kier alpha value is -2.90. The molecule has 1 aromatic heterocycles. The fourth-order valence-corrected chi connectivity index (χ4v) is 3.60. The summed E-state index contributed by atoms with van der Waals surface area (Å²) in [6.07, 6.45) is 2.83. The molecule has 0 saturated carbocycles. The number of carbonyl (C=O) groups excluding carboxylic acids is 1. The van der Waals surface area contributed by atoms with E-state index in [0.717, 1.165) is 3.97 Å². The number of halogens is 1. The average Bonchev–Trinajstić information content (AvgIpc) is 3.18. The van der Waals surface area contributed by atoms with Gasteiger partial charge in [0.25, 0.3) is 10.0 Å². The minimum Gasteiger partial charge on any atom is -0.313 e. The molecule has 0 aliphatic rings. The van der Waals surface area contributed by atoms with Gasteiger partial charge in [0.2, 0.25) is 0 Å². The zero-order chi connectivity index (χ0) is 19.4. The molecule has 27 heavy (non-hydrogen) atoms. The Bertz CT molecular complexity index is 1090. The van der Waals surface area contributed by atoms with Crippen molar-refractivity contribution >= 4 is 33.3 Å². The van der Waals surface area contributed by atoms with E-state index in [1.807, 2.05) is 0 Å². The van der Waals surface area contributed by atoms with Crippen molar-refractivity contribution in [3.05, 3.63) is 89.2 Å². The number of carbonyl (C=O) groups is 1. The number of aromatic nitrogens is 1. The third kappa shape index (κ3) is 4.27. The molecule has 0 fully saturated rings. The average molecular weight is 403 g/mol. The van der Waals surface area contributed by atoms with Gasteiger partial charge in [0.15, 0.2) is 0 Å². The van der Waals surface area contributed by atoms with Gasteiger partial charge in [-0.15, -0.1) is 0 Å². The fraction of sp³-hybridized carbons (Fsp3) is 0.0526. The second-order valence-electron chi connectivity index (χ2n) is 5.61. The molecule has 3 aromatic rings. The van der Waals surface area contributed by atoms with E-state index in [2.05, 4.69) is 5.16 Å². The van der Waals surface area contributed by atoms with Gasteiger partial charge in [-0.3, -0.25) is 0 Å². The van der Waals surface area contributed by atoms with Gasteiger partial charge >= 0.3 is 5.97 Å². The standard InChI is InChI=1S/C19H15ClN2O4S/c1-14(21-26-19(23)15-7-9-17(20)10-8-15)16-11-12-22(13-16)27(24,25)18-5-3-2-4-6-18/h2-13H,1H3/b21-14+. The van der Waals surface area contributed by atoms with Crippen molar-refractivity contribution in [2.45, 2.75) is 11.8 Å². The smallest absolute Gasteiger partial charge is 0.313 e. The highest BCUT2D eigenvalue weighted by Crippen LogP contribution is 2.16. The number of hydrogen-bond donors (Lipinski definition) is 0. The van der Waals surface area contributed by atoms with Gasteiger partial charge in [-0.05, 0) is 49.4 Å². The van der Waals surface area contributed by atoms with Crippen molar-refractivity contribution in [2.24, 2.45) is 5.16 Å². The Kier molecular flexibility index (Phi) is 5.43. The number of oxime groups is 1. The third-order valence-electron chi connectivity index (χ3n) is 3.75. The van der Waals surface area contributed by atoms with Crippen molar-refractivity contribution in [3.8, 4) is 0 Å². The predicted molar refractivity (Wildman–Crippen MR) is 103 cm³/mol. The summed E-state index contributed by atoms with van der Waals surface area (Å²) in [5.41, 5.74) is 1.18. The van der Waals surface area contributed by atoms with Crippen LogP contribution < -0.4 is 0 Å². The van der Waals surface area contributed by atoms with E-state index in [0.29, 0.717) is 21.9 Å². The lowest BCUT2D eigenvalue weighted by molar-refractivity contribution is 0.0516. The highest BCUT2D eigenvalue weighted by atomic mass is 35.5. The summed E-state index contributed by atoms with van der Waals surface area (Å²) in [5, 5.41) is 4.29. The second kappa shape index (κ2) is 7.77. The number of rotatable bonds is 5. The van der Waals surface area contributed by atoms with Gasteiger partial charge < -0.3 is 4.84 Å². The summed E-state index contributed by atoms with van der Waals surface area (Å²) >= 11 is 5.78. The van der Waals surface area contributed by atoms with E-state index in [1.54, 1.807) is 43.3 Å². The number of benzene rings is 2. The van der Waals surface area contributed by atoms with Gasteiger partial charge in [-0.25, -0.2) is 17.2 Å². The second-order valence-corrected chi connectivity index (χ2v) is 7.89. The number of hydrogen-bond acceptors (Lipinski definition) is 5. The summed E-state index contributed by atoms with van der Waals surface area (Å²) in [7, 11) is -3.69. The number of nitrogens with zero attached hydrogens (tertiary/aromatic N) is 2. The first-order valence-corrected chi connectivity index (χ1v) is 9.70. The summed E-state index contributed by atoms with van der Waals surface area (Å²) in [5.74, 6) is -0.637. The molecule has 8 heteroatoms. The Morgan fingerprint density at radius 3 is 2.33 bits per heavy atom. The van der Waals surface area contributed by atoms with E-state index < -0.39 is 16.0 Å². The molecule has 3 rings (SSSR count). The van der Waals surface area contributed by atoms with Crippen LogP contribution >= 0.6 is 11.6 Å². The van der Waals surface area contributed by atoms with Gasteiger partial charge in [0.05, 0.1) is 16.2 Å². The molecule has 0 N–H and O–H groups in total. The molecule has 0 saturated heterocycles. The summed E-state index contributed by atoms with van der Waals surface area (Å²) < 4.78 is 26.2. The first-order chi connectivity index (χ1) is 12.9. The molecule has 1 heterocycles. The first-order valence-electron chi connectivity index (χ1n) is 7.88. The van der Waals surface area contributed by atoms with E-state index in [1.165, 1.54) is 36.7 Å². The van der Waals surface area contributed by atoms with Crippen molar-refractivity contribution < 1.29 is 18.0 Å². The lowest BCUT2D eigenvalue weighted by Gasteiger charge is -2.05. The van der Waals surface area contributed by atoms with Gasteiger partial charge in [-0.1, -0.05) is 35.0 Å². The summed E-state index contributed by atoms with van der Waals surface area (Å²) in [6, 6.07) is 15.9. The molecule has 0 atom stereocenters. The Morgan fingerprint density at radius 1 is 1.00 bits per heavy atom. The third-order valence-corrected chi connectivity index (χ3v) is 5.65. The van der Waals surface area contributed by atoms with E-state index >= 15 is 0 Å². The van der Waals surface area contributed by atoms with Gasteiger partial charge in [0.1, 0.15) is 0 Å². The van der Waals surface area contributed by atoms with Crippen molar-refractivity contribution in [2.75, 3.05) is 0 Å². The van der Waals surface area contributed by atoms with Crippen molar-refractivity contribution in [1.82, 2.24) is 3.97 Å². The zero-order valence-corrected chi connectivity index (χ0v) is 15.8. The van der Waals surface area contributed by atoms with Crippen LogP contribution in [0.5, 0.6) is 0 Å². The lowest BCUT2D eigenvalue weighted by atomic mass is 10.2. The maximum absolute atomic E-state index is 12.6. The molecule has 0 radical (unpaired) electrons. The lowest BCUT2D eigenvalue weighted by Crippen LogP contribution is -2.11. The first kappa shape index (κ1) is 18.9. The Labute approximate surface area is 161 Å². The van der Waals surface area contributed by atoms with Crippen LogP contribution in [0.15, 0.2) is 83.1 Å². The topological polar surface area (TPSA) is 77.7 Å². The molecule has 2 aromatic carbocycles. The van der Waals surface area contributed by atoms with E-state index in [-0.39, 0.29) is 4.90 Å². The maximum atomic E-state index is 12.6. The van der Waals surface area contributed by atoms with Crippen LogP contribution in [0.1, 0.15) is 22.8 Å². The normalized spacial score (nSPS) is 12.0. The Balaban J connectivity index is 1.76. The maximum Gasteiger partial charge on any atom is 0.365 e. The summed E-state index contributed by atoms with van der Waals surface area (Å²) in [6.45, 7) is 1.62. The van der Waals surface area contributed by atoms with Crippen LogP contribution in [-0.4, -0.2) is 24.1 Å². The predicted octanol–water partition coefficient (Wildman–Crippen LogP) is 3.96. The SMILES string of the molecule is C/C(=N\OC(=O)c1ccc(Cl)cc1)c1ccn(S(=O)(=O)c2ccccc2)c1. The molecule has 6 nitrogen and oxygen atoms in total. The molecule has 0 unspecified atom stereocenters. The molecular formula is C19H15ClN2O4S. The van der Waals surface area contributed by atoms with Crippen molar-refractivity contribution in [1.29, 1.82) is 0 Å². The highest BCUT2D eigenvalue weighted by molar-refractivity contribution is 7.90. The monoisotopic (exact) mass is 402 g/mol. The quantitative estimate of drug-likeness (QED) is 0.367. The molecule has 0 aliphatic heterocycles. The largest absolute Gasteiger partial charge is 0.365 e. The molecule has 138 valence electrons. The molecular weight excluding hydrogens is 388 g/mol. The summed E-state index contributed by atoms with van der Waals surface area (Å²) in [4.78, 5) is 17.1. The van der Waals surface area contributed by atoms with Crippen LogP contribution in [0.2, 0.25) is 5.02 Å². The van der Waals surface area contributed by atoms with Gasteiger partial charge in [0, 0.05) is 23.0 Å². The molecule has 0 spiro atoms. The van der Waals surface area contributed by atoms with E-state index in [9.17, 15) is 13.2 Å². The molecule has 0 bridgehead atoms. The zero-order valence-electron chi connectivity index (χ0n) is 14.2. The van der Waals surface area contributed by atoms with Crippen LogP contribution in [-0.2, 0) is 14.9 Å². The minimum absolute atomic E-state index is 0.177. The molecule has 0 amide bonds. The van der Waals surface area contributed by atoms with Crippen LogP contribution in [0, 0.1) is 0 Å². The highest BCUT2D eigenvalue weighted by Gasteiger charge is 2.17. The van der Waals surface area contributed by atoms with Crippen LogP contribution in [0.25, 0.3) is 0 Å². The molecule has 0 aliphatic carbocycles. The Morgan fingerprint density at radius 2 is 1.67 bits per heavy atom. The van der Waals surface area contributed by atoms with Crippen molar-refractivity contribution in [3.63, 3.8) is 0 Å². The van der Waals surface area contributed by atoms with Gasteiger partial charge in [-0.2, -0.15) is 0 Å². The van der Waals surface area contributed by atoms with Crippen LogP contribution in [0.4, 0.5) is 0 Å². The van der Waals surface area contributed by atoms with E-state index in [4.69, 9.17) is 16.4 Å². The fourth-order valence-electron chi connectivity index (χ4n) is 2.26.